The average Bonchev–Trinajstić information content (AvgIpc) is 2.97. The second kappa shape index (κ2) is 3.97. The topological polar surface area (TPSA) is 83.9 Å². The smallest absolute Gasteiger partial charge is 0.322 e. The van der Waals surface area contributed by atoms with E-state index in [1.807, 2.05) is 0 Å². The van der Waals surface area contributed by atoms with E-state index < -0.39 is 22.0 Å². The third kappa shape index (κ3) is 1.94. The zero-order chi connectivity index (χ0) is 11.9. The minimum Gasteiger partial charge on any atom is -0.480 e. The highest BCUT2D eigenvalue weighted by atomic mass is 32.2. The van der Waals surface area contributed by atoms with Crippen LogP contribution in [0, 0.1) is 0 Å². The van der Waals surface area contributed by atoms with Gasteiger partial charge < -0.3 is 9.84 Å². The molecule has 1 aliphatic heterocycles. The van der Waals surface area contributed by atoms with E-state index in [0.717, 1.165) is 4.31 Å². The lowest BCUT2D eigenvalue weighted by atomic mass is 10.2. The number of carbonyl (C=O) groups is 1. The predicted octanol–water partition coefficient (Wildman–Crippen LogP) is -0.347. The van der Waals surface area contributed by atoms with E-state index in [0.29, 0.717) is 12.8 Å². The van der Waals surface area contributed by atoms with Gasteiger partial charge in [0.1, 0.15) is 6.04 Å². The van der Waals surface area contributed by atoms with Gasteiger partial charge in [0, 0.05) is 20.1 Å². The van der Waals surface area contributed by atoms with Crippen LogP contribution in [0.2, 0.25) is 0 Å². The molecule has 0 amide bonds. The molecule has 1 N–H and O–H groups in total. The molecule has 92 valence electrons. The van der Waals surface area contributed by atoms with Crippen LogP contribution in [0.3, 0.4) is 0 Å². The molecule has 1 heterocycles. The van der Waals surface area contributed by atoms with Gasteiger partial charge in [0.05, 0.1) is 11.4 Å². The van der Waals surface area contributed by atoms with Crippen molar-refractivity contribution in [3.8, 4) is 0 Å². The van der Waals surface area contributed by atoms with Gasteiger partial charge in [-0.05, 0) is 12.8 Å². The quantitative estimate of drug-likeness (QED) is 0.736. The summed E-state index contributed by atoms with van der Waals surface area (Å²) in [5, 5.41) is 8.63. The van der Waals surface area contributed by atoms with Gasteiger partial charge in [0.25, 0.3) is 0 Å². The summed E-state index contributed by atoms with van der Waals surface area (Å²) in [6.45, 7) is 0.159. The summed E-state index contributed by atoms with van der Waals surface area (Å²) in [4.78, 5) is 11.0. The molecular formula is C9H15NO5S. The highest BCUT2D eigenvalue weighted by Crippen LogP contribution is 2.35. The molecule has 0 aromatic carbocycles. The summed E-state index contributed by atoms with van der Waals surface area (Å²) < 4.78 is 30.1. The molecule has 2 atom stereocenters. The maximum atomic E-state index is 12.0. The minimum absolute atomic E-state index is 0.159. The summed E-state index contributed by atoms with van der Waals surface area (Å²) in [7, 11) is -1.96. The number of ether oxygens (including phenoxy) is 1. The fourth-order valence-corrected chi connectivity index (χ4v) is 4.02. The lowest BCUT2D eigenvalue weighted by Crippen LogP contribution is -2.42. The van der Waals surface area contributed by atoms with Gasteiger partial charge in [0.15, 0.2) is 0 Å². The fraction of sp³-hybridized carbons (Fsp3) is 0.889. The summed E-state index contributed by atoms with van der Waals surface area (Å²) in [5.74, 6) is -1.09. The molecular weight excluding hydrogens is 234 g/mol. The largest absolute Gasteiger partial charge is 0.480 e. The van der Waals surface area contributed by atoms with Gasteiger partial charge in [-0.2, -0.15) is 4.31 Å². The summed E-state index contributed by atoms with van der Waals surface area (Å²) in [6.07, 6.45) is 1.21. The second-order valence-corrected chi connectivity index (χ2v) is 6.43. The molecule has 7 heteroatoms. The highest BCUT2D eigenvalue weighted by Gasteiger charge is 2.49. The van der Waals surface area contributed by atoms with Crippen LogP contribution in [0.4, 0.5) is 0 Å². The van der Waals surface area contributed by atoms with E-state index >= 15 is 0 Å². The Morgan fingerprint density at radius 2 is 2.06 bits per heavy atom. The molecule has 2 fully saturated rings. The van der Waals surface area contributed by atoms with E-state index in [-0.39, 0.29) is 24.3 Å². The third-order valence-electron chi connectivity index (χ3n) is 3.11. The lowest BCUT2D eigenvalue weighted by molar-refractivity contribution is -0.140. The first-order valence-corrected chi connectivity index (χ1v) is 6.73. The Morgan fingerprint density at radius 1 is 1.44 bits per heavy atom. The number of methoxy groups -OCH3 is 1. The van der Waals surface area contributed by atoms with Crippen molar-refractivity contribution in [3.05, 3.63) is 0 Å². The number of sulfonamides is 1. The van der Waals surface area contributed by atoms with Crippen LogP contribution >= 0.6 is 0 Å². The van der Waals surface area contributed by atoms with Gasteiger partial charge in [0.2, 0.25) is 10.0 Å². The number of rotatable bonds is 4. The summed E-state index contributed by atoms with van der Waals surface area (Å²) >= 11 is 0. The molecule has 0 aromatic rings. The van der Waals surface area contributed by atoms with E-state index in [1.165, 1.54) is 7.11 Å². The highest BCUT2D eigenvalue weighted by molar-refractivity contribution is 7.90. The van der Waals surface area contributed by atoms with E-state index in [2.05, 4.69) is 0 Å². The normalized spacial score (nSPS) is 31.8. The average molecular weight is 249 g/mol. The van der Waals surface area contributed by atoms with Gasteiger partial charge in [-0.3, -0.25) is 4.79 Å². The molecule has 16 heavy (non-hydrogen) atoms. The summed E-state index contributed by atoms with van der Waals surface area (Å²) in [6, 6.07) is -0.962. The van der Waals surface area contributed by atoms with Crippen LogP contribution in [0.1, 0.15) is 19.3 Å². The van der Waals surface area contributed by atoms with Crippen molar-refractivity contribution in [1.29, 1.82) is 0 Å². The standard InChI is InChI=1S/C9H15NO5S/c1-15-6-4-8(9(11)12)10(5-6)16(13,14)7-2-3-7/h6-8H,2-5H2,1H3,(H,11,12). The van der Waals surface area contributed by atoms with Crippen LogP contribution in [-0.2, 0) is 19.6 Å². The van der Waals surface area contributed by atoms with Gasteiger partial charge in [-0.25, -0.2) is 8.42 Å². The van der Waals surface area contributed by atoms with E-state index in [1.54, 1.807) is 0 Å². The molecule has 1 saturated heterocycles. The zero-order valence-corrected chi connectivity index (χ0v) is 9.81. The first kappa shape index (κ1) is 11.8. The summed E-state index contributed by atoms with van der Waals surface area (Å²) in [5.41, 5.74) is 0. The fourth-order valence-electron chi connectivity index (χ4n) is 2.00. The van der Waals surface area contributed by atoms with Crippen LogP contribution in [0.15, 0.2) is 0 Å². The number of aliphatic carboxylic acids is 1. The Balaban J connectivity index is 2.21. The number of nitrogens with zero attached hydrogens (tertiary/aromatic N) is 1. The van der Waals surface area contributed by atoms with Crippen molar-refractivity contribution in [1.82, 2.24) is 4.31 Å². The molecule has 2 rings (SSSR count). The Bertz CT molecular complexity index is 389. The van der Waals surface area contributed by atoms with Crippen LogP contribution in [0.25, 0.3) is 0 Å². The molecule has 1 saturated carbocycles. The molecule has 6 nitrogen and oxygen atoms in total. The van der Waals surface area contributed by atoms with Gasteiger partial charge in [-0.15, -0.1) is 0 Å². The molecule has 0 spiro atoms. The van der Waals surface area contributed by atoms with Crippen LogP contribution < -0.4 is 0 Å². The predicted molar refractivity (Wildman–Crippen MR) is 55.5 cm³/mol. The Labute approximate surface area is 94.2 Å². The molecule has 0 bridgehead atoms. The molecule has 0 radical (unpaired) electrons. The van der Waals surface area contributed by atoms with Crippen molar-refractivity contribution < 1.29 is 23.1 Å². The number of hydrogen-bond acceptors (Lipinski definition) is 4. The van der Waals surface area contributed by atoms with E-state index in [4.69, 9.17) is 9.84 Å². The Hall–Kier alpha value is -0.660. The van der Waals surface area contributed by atoms with Crippen LogP contribution in [-0.4, -0.2) is 54.8 Å². The SMILES string of the molecule is COC1CC(C(=O)O)N(S(=O)(=O)C2CC2)C1. The Kier molecular flexibility index (Phi) is 2.93. The van der Waals surface area contributed by atoms with Crippen molar-refractivity contribution >= 4 is 16.0 Å². The Morgan fingerprint density at radius 3 is 2.50 bits per heavy atom. The van der Waals surface area contributed by atoms with Crippen molar-refractivity contribution in [2.24, 2.45) is 0 Å². The maximum Gasteiger partial charge on any atom is 0.322 e. The number of carboxylic acids is 1. The lowest BCUT2D eigenvalue weighted by Gasteiger charge is -2.20. The number of carboxylic acid groups (broad SMARTS) is 1. The first-order chi connectivity index (χ1) is 7.46. The molecule has 1 aliphatic carbocycles. The zero-order valence-electron chi connectivity index (χ0n) is 9.00. The molecule has 2 aliphatic rings. The maximum absolute atomic E-state index is 12.0. The van der Waals surface area contributed by atoms with Crippen molar-refractivity contribution in [2.75, 3.05) is 13.7 Å². The second-order valence-electron chi connectivity index (χ2n) is 4.26. The minimum atomic E-state index is -3.43. The third-order valence-corrected chi connectivity index (χ3v) is 5.48. The van der Waals surface area contributed by atoms with Crippen molar-refractivity contribution in [3.63, 3.8) is 0 Å². The van der Waals surface area contributed by atoms with Crippen molar-refractivity contribution in [2.45, 2.75) is 36.7 Å². The van der Waals surface area contributed by atoms with Gasteiger partial charge >= 0.3 is 5.97 Å². The van der Waals surface area contributed by atoms with Crippen LogP contribution in [0.5, 0.6) is 0 Å². The molecule has 2 unspecified atom stereocenters. The van der Waals surface area contributed by atoms with Gasteiger partial charge in [-0.1, -0.05) is 0 Å². The first-order valence-electron chi connectivity index (χ1n) is 5.23. The molecule has 0 aromatic heterocycles. The number of hydrogen-bond donors (Lipinski definition) is 1. The van der Waals surface area contributed by atoms with E-state index in [9.17, 15) is 13.2 Å². The monoisotopic (exact) mass is 249 g/mol.